The maximum Gasteiger partial charge on any atom is 0.241 e. The normalized spacial score (nSPS) is 16.2. The molecule has 0 aromatic heterocycles. The molecular formula is C34H44FN3O3S. The molecular weight excluding hydrogens is 549 g/mol. The van der Waals surface area contributed by atoms with Crippen molar-refractivity contribution in [2.45, 2.75) is 89.7 Å². The highest BCUT2D eigenvalue weighted by atomic mass is 32.2. The first-order valence-electron chi connectivity index (χ1n) is 14.8. The summed E-state index contributed by atoms with van der Waals surface area (Å²) in [6.07, 6.45) is 2.62. The molecule has 0 aliphatic heterocycles. The summed E-state index contributed by atoms with van der Waals surface area (Å²) in [6, 6.07) is 17.8. The van der Waals surface area contributed by atoms with Crippen molar-refractivity contribution >= 4 is 15.9 Å². The zero-order valence-corrected chi connectivity index (χ0v) is 26.2. The molecule has 8 heteroatoms. The SMILES string of the molecule is CC(C)c1ccc(S(=O)(=O)N[C@H](CC(=O)N[C@@H]2CCCc3cc(CNCC(C)(C)C)ccc32)c2ccc(F)cc2)cc1. The van der Waals surface area contributed by atoms with Crippen molar-refractivity contribution in [3.8, 4) is 0 Å². The molecule has 0 bridgehead atoms. The van der Waals surface area contributed by atoms with E-state index >= 15 is 0 Å². The molecule has 42 heavy (non-hydrogen) atoms. The maximum atomic E-state index is 13.7. The van der Waals surface area contributed by atoms with Gasteiger partial charge in [0.25, 0.3) is 0 Å². The van der Waals surface area contributed by atoms with E-state index in [0.29, 0.717) is 5.56 Å². The fraction of sp³-hybridized carbons (Fsp3) is 0.441. The van der Waals surface area contributed by atoms with Crippen molar-refractivity contribution in [2.75, 3.05) is 6.54 Å². The fourth-order valence-electron chi connectivity index (χ4n) is 5.36. The number of halogens is 1. The number of fused-ring (bicyclic) bond motifs is 1. The molecule has 3 N–H and O–H groups in total. The van der Waals surface area contributed by atoms with Crippen LogP contribution >= 0.6 is 0 Å². The number of hydrogen-bond acceptors (Lipinski definition) is 4. The van der Waals surface area contributed by atoms with Crippen molar-refractivity contribution < 1.29 is 17.6 Å². The summed E-state index contributed by atoms with van der Waals surface area (Å²) in [4.78, 5) is 13.5. The van der Waals surface area contributed by atoms with Crippen molar-refractivity contribution in [1.29, 1.82) is 0 Å². The number of nitrogens with one attached hydrogen (secondary N) is 3. The van der Waals surface area contributed by atoms with Gasteiger partial charge in [-0.2, -0.15) is 0 Å². The van der Waals surface area contributed by atoms with Crippen LogP contribution in [0.25, 0.3) is 0 Å². The molecule has 0 saturated heterocycles. The highest BCUT2D eigenvalue weighted by Crippen LogP contribution is 2.31. The van der Waals surface area contributed by atoms with Crippen LogP contribution in [0.1, 0.15) is 99.7 Å². The lowest BCUT2D eigenvalue weighted by atomic mass is 9.86. The van der Waals surface area contributed by atoms with Gasteiger partial charge in [-0.05, 0) is 82.7 Å². The lowest BCUT2D eigenvalue weighted by Gasteiger charge is -2.28. The number of aryl methyl sites for hydroxylation is 1. The summed E-state index contributed by atoms with van der Waals surface area (Å²) in [5.41, 5.74) is 5.33. The lowest BCUT2D eigenvalue weighted by molar-refractivity contribution is -0.122. The summed E-state index contributed by atoms with van der Waals surface area (Å²) in [6.45, 7) is 12.4. The molecule has 0 fully saturated rings. The Morgan fingerprint density at radius 1 is 0.976 bits per heavy atom. The molecule has 1 amide bonds. The predicted octanol–water partition coefficient (Wildman–Crippen LogP) is 6.69. The third-order valence-electron chi connectivity index (χ3n) is 7.66. The minimum Gasteiger partial charge on any atom is -0.349 e. The van der Waals surface area contributed by atoms with Gasteiger partial charge in [0, 0.05) is 19.5 Å². The van der Waals surface area contributed by atoms with E-state index in [1.54, 1.807) is 24.3 Å². The summed E-state index contributed by atoms with van der Waals surface area (Å²) < 4.78 is 43.1. The molecule has 0 radical (unpaired) electrons. The molecule has 0 unspecified atom stereocenters. The Kier molecular flexibility index (Phi) is 10.2. The van der Waals surface area contributed by atoms with E-state index in [9.17, 15) is 17.6 Å². The number of carbonyl (C=O) groups excluding carboxylic acids is 1. The average Bonchev–Trinajstić information content (AvgIpc) is 2.92. The van der Waals surface area contributed by atoms with Gasteiger partial charge in [0.2, 0.25) is 15.9 Å². The van der Waals surface area contributed by atoms with Crippen LogP contribution in [0.4, 0.5) is 4.39 Å². The Labute approximate surface area is 250 Å². The molecule has 0 saturated carbocycles. The highest BCUT2D eigenvalue weighted by Gasteiger charge is 2.27. The van der Waals surface area contributed by atoms with Gasteiger partial charge in [0.1, 0.15) is 5.82 Å². The molecule has 4 rings (SSSR count). The van der Waals surface area contributed by atoms with Gasteiger partial charge in [0.05, 0.1) is 17.0 Å². The molecule has 1 aliphatic rings. The number of carbonyl (C=O) groups is 1. The summed E-state index contributed by atoms with van der Waals surface area (Å²) in [5.74, 6) is -0.427. The maximum absolute atomic E-state index is 13.7. The van der Waals surface area contributed by atoms with Gasteiger partial charge in [-0.15, -0.1) is 0 Å². The summed E-state index contributed by atoms with van der Waals surface area (Å²) in [5, 5.41) is 6.67. The molecule has 3 aromatic carbocycles. The van der Waals surface area contributed by atoms with Crippen LogP contribution in [-0.4, -0.2) is 20.9 Å². The van der Waals surface area contributed by atoms with Crippen LogP contribution in [0, 0.1) is 11.2 Å². The Morgan fingerprint density at radius 3 is 2.29 bits per heavy atom. The third kappa shape index (κ3) is 8.72. The number of sulfonamides is 1. The van der Waals surface area contributed by atoms with Crippen molar-refractivity contribution in [1.82, 2.24) is 15.4 Å². The van der Waals surface area contributed by atoms with E-state index in [4.69, 9.17) is 0 Å². The monoisotopic (exact) mass is 593 g/mol. The number of rotatable bonds is 11. The second-order valence-corrected chi connectivity index (χ2v) is 14.6. The van der Waals surface area contributed by atoms with Gasteiger partial charge < -0.3 is 10.6 Å². The van der Waals surface area contributed by atoms with Gasteiger partial charge in [-0.3, -0.25) is 4.79 Å². The minimum absolute atomic E-state index is 0.115. The summed E-state index contributed by atoms with van der Waals surface area (Å²) in [7, 11) is -3.94. The van der Waals surface area contributed by atoms with Crippen LogP contribution < -0.4 is 15.4 Å². The van der Waals surface area contributed by atoms with Gasteiger partial charge in [0.15, 0.2) is 0 Å². The quantitative estimate of drug-likeness (QED) is 0.231. The standard InChI is InChI=1S/C34H44FN3O3S/c1-23(2)25-12-16-29(17-13-25)42(40,41)38-32(26-10-14-28(35)15-11-26)20-33(39)37-31-8-6-7-27-19-24(9-18-30(27)31)21-36-22-34(3,4)5/h9-19,23,31-32,36,38H,6-8,20-22H2,1-5H3,(H,37,39)/t31-,32-/m1/s1. The number of hydrogen-bond donors (Lipinski definition) is 3. The smallest absolute Gasteiger partial charge is 0.241 e. The Balaban J connectivity index is 1.48. The Hall–Kier alpha value is -3.07. The van der Waals surface area contributed by atoms with Crippen LogP contribution in [0.15, 0.2) is 71.6 Å². The van der Waals surface area contributed by atoms with E-state index < -0.39 is 21.9 Å². The number of amides is 1. The second-order valence-electron chi connectivity index (χ2n) is 12.9. The first kappa shape index (κ1) is 31.9. The zero-order chi connectivity index (χ0) is 30.5. The van der Waals surface area contributed by atoms with Crippen LogP contribution in [0.5, 0.6) is 0 Å². The largest absolute Gasteiger partial charge is 0.349 e. The molecule has 3 aromatic rings. The molecule has 0 spiro atoms. The molecule has 1 aliphatic carbocycles. The van der Waals surface area contributed by atoms with E-state index in [0.717, 1.165) is 43.5 Å². The molecule has 6 nitrogen and oxygen atoms in total. The molecule has 0 heterocycles. The zero-order valence-electron chi connectivity index (χ0n) is 25.3. The number of benzene rings is 3. The first-order chi connectivity index (χ1) is 19.8. The molecule has 2 atom stereocenters. The lowest BCUT2D eigenvalue weighted by Crippen LogP contribution is -2.36. The van der Waals surface area contributed by atoms with E-state index in [-0.39, 0.29) is 34.6 Å². The second kappa shape index (κ2) is 13.5. The fourth-order valence-corrected chi connectivity index (χ4v) is 6.58. The van der Waals surface area contributed by atoms with Gasteiger partial charge in [-0.25, -0.2) is 17.5 Å². The molecule has 226 valence electrons. The average molecular weight is 594 g/mol. The van der Waals surface area contributed by atoms with Crippen LogP contribution in [0.3, 0.4) is 0 Å². The predicted molar refractivity (Wildman–Crippen MR) is 166 cm³/mol. The van der Waals surface area contributed by atoms with Gasteiger partial charge in [-0.1, -0.05) is 77.1 Å². The Morgan fingerprint density at radius 2 is 1.64 bits per heavy atom. The van der Waals surface area contributed by atoms with E-state index in [2.05, 4.69) is 54.3 Å². The topological polar surface area (TPSA) is 87.3 Å². The summed E-state index contributed by atoms with van der Waals surface area (Å²) >= 11 is 0. The van der Waals surface area contributed by atoms with Crippen molar-refractivity contribution in [3.63, 3.8) is 0 Å². The van der Waals surface area contributed by atoms with Crippen molar-refractivity contribution in [3.05, 3.63) is 100 Å². The first-order valence-corrected chi connectivity index (χ1v) is 16.3. The van der Waals surface area contributed by atoms with Crippen molar-refractivity contribution in [2.24, 2.45) is 5.41 Å². The van der Waals surface area contributed by atoms with Crippen LogP contribution in [-0.2, 0) is 27.8 Å². The third-order valence-corrected chi connectivity index (χ3v) is 9.15. The van der Waals surface area contributed by atoms with E-state index in [1.807, 2.05) is 13.8 Å². The van der Waals surface area contributed by atoms with E-state index in [1.165, 1.54) is 35.4 Å². The highest BCUT2D eigenvalue weighted by molar-refractivity contribution is 7.89. The minimum atomic E-state index is -3.94. The van der Waals surface area contributed by atoms with Gasteiger partial charge >= 0.3 is 0 Å². The van der Waals surface area contributed by atoms with Crippen LogP contribution in [0.2, 0.25) is 0 Å². The Bertz CT molecular complexity index is 1460.